The van der Waals surface area contributed by atoms with Crippen LogP contribution in [0.3, 0.4) is 0 Å². The SMILES string of the molecule is CCc1ccc(S(=O)(=O)NCC(C)(C)c2ccc3c(c2)OCCO3)s1. The summed E-state index contributed by atoms with van der Waals surface area (Å²) >= 11 is 1.32. The molecule has 0 amide bonds. The summed E-state index contributed by atoms with van der Waals surface area (Å²) in [5.74, 6) is 1.45. The fourth-order valence-corrected chi connectivity index (χ4v) is 5.16. The zero-order chi connectivity index (χ0) is 18.1. The van der Waals surface area contributed by atoms with Crippen LogP contribution in [0.2, 0.25) is 0 Å². The largest absolute Gasteiger partial charge is 0.486 e. The third-order valence-electron chi connectivity index (χ3n) is 4.28. The molecule has 136 valence electrons. The van der Waals surface area contributed by atoms with Gasteiger partial charge in [-0.25, -0.2) is 13.1 Å². The van der Waals surface area contributed by atoms with Crippen LogP contribution in [-0.2, 0) is 21.9 Å². The molecule has 0 spiro atoms. The average molecular weight is 382 g/mol. The van der Waals surface area contributed by atoms with Gasteiger partial charge in [-0.3, -0.25) is 0 Å². The molecule has 0 aliphatic carbocycles. The molecule has 0 bridgehead atoms. The molecule has 25 heavy (non-hydrogen) atoms. The number of hydrogen-bond donors (Lipinski definition) is 1. The van der Waals surface area contributed by atoms with Crippen LogP contribution in [0, 0.1) is 0 Å². The fraction of sp³-hybridized carbons (Fsp3) is 0.444. The van der Waals surface area contributed by atoms with Gasteiger partial charge < -0.3 is 9.47 Å². The quantitative estimate of drug-likeness (QED) is 0.833. The summed E-state index contributed by atoms with van der Waals surface area (Å²) < 4.78 is 39.3. The van der Waals surface area contributed by atoms with Crippen LogP contribution in [0.1, 0.15) is 31.2 Å². The number of rotatable bonds is 6. The van der Waals surface area contributed by atoms with E-state index in [1.54, 1.807) is 6.07 Å². The molecule has 3 rings (SSSR count). The number of fused-ring (bicyclic) bond motifs is 1. The third-order valence-corrected chi connectivity index (χ3v) is 7.40. The first-order valence-corrected chi connectivity index (χ1v) is 10.6. The maximum Gasteiger partial charge on any atom is 0.250 e. The van der Waals surface area contributed by atoms with E-state index in [0.717, 1.165) is 22.6 Å². The van der Waals surface area contributed by atoms with Gasteiger partial charge in [0.05, 0.1) is 0 Å². The van der Waals surface area contributed by atoms with Gasteiger partial charge in [-0.05, 0) is 36.2 Å². The Bertz CT molecular complexity index is 856. The van der Waals surface area contributed by atoms with Crippen LogP contribution in [-0.4, -0.2) is 28.2 Å². The molecule has 0 fully saturated rings. The van der Waals surface area contributed by atoms with E-state index in [0.29, 0.717) is 29.7 Å². The molecule has 0 radical (unpaired) electrons. The summed E-state index contributed by atoms with van der Waals surface area (Å²) in [6.07, 6.45) is 0.836. The number of aryl methyl sites for hydroxylation is 1. The van der Waals surface area contributed by atoms with Gasteiger partial charge in [0.1, 0.15) is 17.4 Å². The lowest BCUT2D eigenvalue weighted by Gasteiger charge is -2.27. The number of nitrogens with one attached hydrogen (secondary N) is 1. The van der Waals surface area contributed by atoms with E-state index < -0.39 is 10.0 Å². The Balaban J connectivity index is 1.75. The molecule has 1 aliphatic rings. The van der Waals surface area contributed by atoms with Crippen molar-refractivity contribution in [2.75, 3.05) is 19.8 Å². The first-order chi connectivity index (χ1) is 11.8. The zero-order valence-corrected chi connectivity index (χ0v) is 16.3. The minimum Gasteiger partial charge on any atom is -0.486 e. The van der Waals surface area contributed by atoms with Gasteiger partial charge in [0.25, 0.3) is 0 Å². The second-order valence-electron chi connectivity index (χ2n) is 6.64. The van der Waals surface area contributed by atoms with Crippen molar-refractivity contribution in [1.82, 2.24) is 4.72 Å². The normalized spacial score (nSPS) is 14.5. The van der Waals surface area contributed by atoms with Crippen molar-refractivity contribution < 1.29 is 17.9 Å². The minimum atomic E-state index is -3.50. The Morgan fingerprint density at radius 3 is 2.52 bits per heavy atom. The molecule has 1 aromatic carbocycles. The smallest absolute Gasteiger partial charge is 0.250 e. The molecule has 5 nitrogen and oxygen atoms in total. The van der Waals surface area contributed by atoms with Crippen LogP contribution in [0.25, 0.3) is 0 Å². The van der Waals surface area contributed by atoms with Crippen LogP contribution in [0.5, 0.6) is 11.5 Å². The molecule has 7 heteroatoms. The standard InChI is InChI=1S/C18H23NO4S2/c1-4-14-6-8-17(24-14)25(20,21)19-12-18(2,3)13-5-7-15-16(11-13)23-10-9-22-15/h5-8,11,19H,4,9-10,12H2,1-3H3. The lowest BCUT2D eigenvalue weighted by atomic mass is 9.84. The third kappa shape index (κ3) is 3.99. The highest BCUT2D eigenvalue weighted by atomic mass is 32.2. The van der Waals surface area contributed by atoms with Crippen LogP contribution >= 0.6 is 11.3 Å². The summed E-state index contributed by atoms with van der Waals surface area (Å²) in [5, 5.41) is 0. The minimum absolute atomic E-state index is 0.300. The van der Waals surface area contributed by atoms with E-state index in [4.69, 9.17) is 9.47 Å². The number of thiophene rings is 1. The van der Waals surface area contributed by atoms with E-state index >= 15 is 0 Å². The summed E-state index contributed by atoms with van der Waals surface area (Å²) in [7, 11) is -3.50. The molecule has 0 unspecified atom stereocenters. The summed E-state index contributed by atoms with van der Waals surface area (Å²) in [6, 6.07) is 9.31. The van der Waals surface area contributed by atoms with Crippen molar-refractivity contribution in [3.8, 4) is 11.5 Å². The van der Waals surface area contributed by atoms with Gasteiger partial charge in [0.2, 0.25) is 10.0 Å². The Morgan fingerprint density at radius 2 is 1.84 bits per heavy atom. The van der Waals surface area contributed by atoms with Crippen molar-refractivity contribution in [2.24, 2.45) is 0 Å². The highest BCUT2D eigenvalue weighted by Gasteiger charge is 2.26. The van der Waals surface area contributed by atoms with Gasteiger partial charge >= 0.3 is 0 Å². The van der Waals surface area contributed by atoms with Crippen molar-refractivity contribution in [2.45, 2.75) is 36.8 Å². The first kappa shape index (κ1) is 18.2. The van der Waals surface area contributed by atoms with Crippen molar-refractivity contribution in [3.63, 3.8) is 0 Å². The highest BCUT2D eigenvalue weighted by molar-refractivity contribution is 7.91. The number of sulfonamides is 1. The van der Waals surface area contributed by atoms with E-state index in [2.05, 4.69) is 4.72 Å². The predicted octanol–water partition coefficient (Wildman–Crippen LogP) is 3.34. The first-order valence-electron chi connectivity index (χ1n) is 8.30. The topological polar surface area (TPSA) is 64.6 Å². The average Bonchev–Trinajstić information content (AvgIpc) is 3.10. The van der Waals surface area contributed by atoms with Gasteiger partial charge in [-0.1, -0.05) is 26.8 Å². The summed E-state index contributed by atoms with van der Waals surface area (Å²) in [5.41, 5.74) is 0.619. The van der Waals surface area contributed by atoms with E-state index in [-0.39, 0.29) is 5.41 Å². The van der Waals surface area contributed by atoms with E-state index in [1.165, 1.54) is 11.3 Å². The van der Waals surface area contributed by atoms with E-state index in [1.807, 2.05) is 45.0 Å². The maximum atomic E-state index is 12.5. The molecular weight excluding hydrogens is 358 g/mol. The number of benzene rings is 1. The molecule has 1 N–H and O–H groups in total. The van der Waals surface area contributed by atoms with Crippen molar-refractivity contribution in [1.29, 1.82) is 0 Å². The van der Waals surface area contributed by atoms with Gasteiger partial charge in [0.15, 0.2) is 11.5 Å². The number of ether oxygens (including phenoxy) is 2. The number of hydrogen-bond acceptors (Lipinski definition) is 5. The Labute approximate surface area is 153 Å². The monoisotopic (exact) mass is 381 g/mol. The van der Waals surface area contributed by atoms with Crippen molar-refractivity contribution in [3.05, 3.63) is 40.8 Å². The van der Waals surface area contributed by atoms with Gasteiger partial charge in [0, 0.05) is 16.8 Å². The van der Waals surface area contributed by atoms with Gasteiger partial charge in [-0.2, -0.15) is 0 Å². The Kier molecular flexibility index (Phi) is 5.09. The molecule has 0 atom stereocenters. The molecule has 0 saturated carbocycles. The van der Waals surface area contributed by atoms with Crippen molar-refractivity contribution >= 4 is 21.4 Å². The Hall–Kier alpha value is -1.57. The second kappa shape index (κ2) is 6.97. The highest BCUT2D eigenvalue weighted by Crippen LogP contribution is 2.35. The maximum absolute atomic E-state index is 12.5. The lowest BCUT2D eigenvalue weighted by molar-refractivity contribution is 0.171. The molecule has 2 heterocycles. The molecule has 0 saturated heterocycles. The van der Waals surface area contributed by atoms with Crippen LogP contribution < -0.4 is 14.2 Å². The van der Waals surface area contributed by atoms with Crippen LogP contribution in [0.4, 0.5) is 0 Å². The molecule has 1 aliphatic heterocycles. The summed E-state index contributed by atoms with van der Waals surface area (Å²) in [6.45, 7) is 7.41. The van der Waals surface area contributed by atoms with Gasteiger partial charge in [-0.15, -0.1) is 11.3 Å². The molecular formula is C18H23NO4S2. The molecule has 2 aromatic rings. The van der Waals surface area contributed by atoms with Crippen LogP contribution in [0.15, 0.2) is 34.5 Å². The second-order valence-corrected chi connectivity index (χ2v) is 9.80. The van der Waals surface area contributed by atoms with E-state index in [9.17, 15) is 8.42 Å². The summed E-state index contributed by atoms with van der Waals surface area (Å²) in [4.78, 5) is 1.06. The lowest BCUT2D eigenvalue weighted by Crippen LogP contribution is -2.36. The molecule has 1 aromatic heterocycles. The Morgan fingerprint density at radius 1 is 1.12 bits per heavy atom. The predicted molar refractivity (Wildman–Crippen MR) is 99.3 cm³/mol. The fourth-order valence-electron chi connectivity index (χ4n) is 2.61. The zero-order valence-electron chi connectivity index (χ0n) is 14.7.